The van der Waals surface area contributed by atoms with E-state index < -0.39 is 0 Å². The van der Waals surface area contributed by atoms with Crippen molar-refractivity contribution in [3.8, 4) is 5.75 Å². The Bertz CT molecular complexity index is 784. The van der Waals surface area contributed by atoms with Crippen LogP contribution in [0.2, 0.25) is 0 Å². The average molecular weight is 265 g/mol. The minimum absolute atomic E-state index is 0.204. The highest BCUT2D eigenvalue weighted by Gasteiger charge is 2.07. The van der Waals surface area contributed by atoms with Crippen molar-refractivity contribution in [3.05, 3.63) is 53.9 Å². The number of aromatic hydroxyl groups is 1. The van der Waals surface area contributed by atoms with Gasteiger partial charge in [0.05, 0.1) is 11.2 Å². The number of phenolic OH excluding ortho intramolecular Hbond substituents is 1. The Morgan fingerprint density at radius 3 is 2.55 bits per heavy atom. The lowest BCUT2D eigenvalue weighted by Gasteiger charge is -2.11. The summed E-state index contributed by atoms with van der Waals surface area (Å²) in [6.45, 7) is 4.01. The quantitative estimate of drug-likeness (QED) is 0.694. The molecule has 2 N–H and O–H groups in total. The first kappa shape index (κ1) is 12.4. The Hall–Kier alpha value is -2.62. The van der Waals surface area contributed by atoms with Crippen molar-refractivity contribution in [1.82, 2.24) is 9.97 Å². The predicted octanol–water partition coefficient (Wildman–Crippen LogP) is 3.70. The fraction of sp³-hybridized carbons (Fsp3) is 0.125. The highest BCUT2D eigenvalue weighted by atomic mass is 16.3. The van der Waals surface area contributed by atoms with Crippen LogP contribution in [0.5, 0.6) is 5.75 Å². The molecule has 0 atom stereocenters. The number of phenols is 1. The van der Waals surface area contributed by atoms with E-state index in [-0.39, 0.29) is 5.75 Å². The van der Waals surface area contributed by atoms with Gasteiger partial charge in [0.1, 0.15) is 17.9 Å². The molecule has 100 valence electrons. The van der Waals surface area contributed by atoms with E-state index in [9.17, 15) is 5.11 Å². The van der Waals surface area contributed by atoms with E-state index in [4.69, 9.17) is 0 Å². The number of rotatable bonds is 2. The topological polar surface area (TPSA) is 58.0 Å². The Balaban J connectivity index is 2.10. The molecule has 0 radical (unpaired) electrons. The van der Waals surface area contributed by atoms with Crippen molar-refractivity contribution in [2.24, 2.45) is 0 Å². The lowest BCUT2D eigenvalue weighted by molar-refractivity contribution is 0.477. The number of hydrogen-bond donors (Lipinski definition) is 2. The number of fused-ring (bicyclic) bond motifs is 1. The maximum absolute atomic E-state index is 9.92. The van der Waals surface area contributed by atoms with Crippen LogP contribution in [-0.4, -0.2) is 15.1 Å². The molecule has 0 spiro atoms. The second-order valence-corrected chi connectivity index (χ2v) is 4.89. The average Bonchev–Trinajstić information content (AvgIpc) is 2.43. The molecular formula is C16H15N3O. The van der Waals surface area contributed by atoms with Crippen LogP contribution >= 0.6 is 0 Å². The molecule has 4 nitrogen and oxygen atoms in total. The maximum atomic E-state index is 9.92. The van der Waals surface area contributed by atoms with Gasteiger partial charge in [0.25, 0.3) is 0 Å². The van der Waals surface area contributed by atoms with E-state index in [0.717, 1.165) is 22.0 Å². The van der Waals surface area contributed by atoms with Gasteiger partial charge >= 0.3 is 0 Å². The second-order valence-electron chi connectivity index (χ2n) is 4.89. The molecule has 0 aliphatic carbocycles. The molecular weight excluding hydrogens is 250 g/mol. The third-order valence-corrected chi connectivity index (χ3v) is 3.20. The third-order valence-electron chi connectivity index (χ3n) is 3.20. The predicted molar refractivity (Wildman–Crippen MR) is 80.4 cm³/mol. The van der Waals surface area contributed by atoms with Crippen LogP contribution in [-0.2, 0) is 0 Å². The molecule has 1 aromatic heterocycles. The molecule has 4 heteroatoms. The SMILES string of the molecule is Cc1ccc(O)c(Nc2ncnc3ccc(C)cc23)c1. The normalized spacial score (nSPS) is 10.7. The highest BCUT2D eigenvalue weighted by molar-refractivity contribution is 5.91. The Kier molecular flexibility index (Phi) is 2.99. The van der Waals surface area contributed by atoms with Crippen molar-refractivity contribution < 1.29 is 5.11 Å². The molecule has 0 aliphatic heterocycles. The van der Waals surface area contributed by atoms with E-state index >= 15 is 0 Å². The first-order chi connectivity index (χ1) is 9.63. The molecule has 0 amide bonds. The van der Waals surface area contributed by atoms with Gasteiger partial charge in [-0.3, -0.25) is 0 Å². The summed E-state index contributed by atoms with van der Waals surface area (Å²) in [5, 5.41) is 14.0. The van der Waals surface area contributed by atoms with Gasteiger partial charge < -0.3 is 10.4 Å². The van der Waals surface area contributed by atoms with E-state index in [1.807, 2.05) is 44.2 Å². The van der Waals surface area contributed by atoms with Crippen LogP contribution in [0.25, 0.3) is 10.9 Å². The standard InChI is InChI=1S/C16H15N3O/c1-10-3-5-13-12(7-10)16(18-9-17-13)19-14-8-11(2)4-6-15(14)20/h3-9,20H,1-2H3,(H,17,18,19). The molecule has 0 unspecified atom stereocenters. The van der Waals surface area contributed by atoms with Crippen LogP contribution in [0.4, 0.5) is 11.5 Å². The van der Waals surface area contributed by atoms with Gasteiger partial charge in [-0.1, -0.05) is 17.7 Å². The summed E-state index contributed by atoms with van der Waals surface area (Å²) in [5.74, 6) is 0.898. The lowest BCUT2D eigenvalue weighted by atomic mass is 10.1. The zero-order chi connectivity index (χ0) is 14.1. The first-order valence-electron chi connectivity index (χ1n) is 6.41. The zero-order valence-electron chi connectivity index (χ0n) is 11.4. The Morgan fingerprint density at radius 2 is 1.70 bits per heavy atom. The lowest BCUT2D eigenvalue weighted by Crippen LogP contribution is -1.97. The van der Waals surface area contributed by atoms with Crippen LogP contribution in [0.3, 0.4) is 0 Å². The summed E-state index contributed by atoms with van der Waals surface area (Å²) < 4.78 is 0. The molecule has 3 aromatic rings. The van der Waals surface area contributed by atoms with Crippen LogP contribution < -0.4 is 5.32 Å². The largest absolute Gasteiger partial charge is 0.506 e. The number of nitrogens with one attached hydrogen (secondary N) is 1. The van der Waals surface area contributed by atoms with Gasteiger partial charge in [-0.15, -0.1) is 0 Å². The molecule has 0 saturated carbocycles. The van der Waals surface area contributed by atoms with Gasteiger partial charge in [-0.2, -0.15) is 0 Å². The molecule has 0 fully saturated rings. The summed E-state index contributed by atoms with van der Waals surface area (Å²) in [4.78, 5) is 8.53. The zero-order valence-corrected chi connectivity index (χ0v) is 11.4. The van der Waals surface area contributed by atoms with Crippen molar-refractivity contribution in [3.63, 3.8) is 0 Å². The minimum atomic E-state index is 0.204. The van der Waals surface area contributed by atoms with Crippen molar-refractivity contribution in [2.75, 3.05) is 5.32 Å². The van der Waals surface area contributed by atoms with Crippen molar-refractivity contribution in [2.45, 2.75) is 13.8 Å². The summed E-state index contributed by atoms with van der Waals surface area (Å²) in [5.41, 5.74) is 3.73. The van der Waals surface area contributed by atoms with Crippen molar-refractivity contribution >= 4 is 22.4 Å². The molecule has 0 saturated heterocycles. The first-order valence-corrected chi connectivity index (χ1v) is 6.41. The summed E-state index contributed by atoms with van der Waals surface area (Å²) in [7, 11) is 0. The molecule has 1 heterocycles. The highest BCUT2D eigenvalue weighted by Crippen LogP contribution is 2.29. The van der Waals surface area contributed by atoms with E-state index in [2.05, 4.69) is 15.3 Å². The van der Waals surface area contributed by atoms with Crippen LogP contribution in [0.15, 0.2) is 42.7 Å². The Morgan fingerprint density at radius 1 is 0.950 bits per heavy atom. The fourth-order valence-corrected chi connectivity index (χ4v) is 2.15. The van der Waals surface area contributed by atoms with E-state index in [1.54, 1.807) is 6.07 Å². The number of nitrogens with zero attached hydrogens (tertiary/aromatic N) is 2. The number of aryl methyl sites for hydroxylation is 2. The molecule has 2 aromatic carbocycles. The summed E-state index contributed by atoms with van der Waals surface area (Å²) in [6.07, 6.45) is 1.52. The van der Waals surface area contributed by atoms with Crippen LogP contribution in [0, 0.1) is 13.8 Å². The van der Waals surface area contributed by atoms with Gasteiger partial charge in [0.2, 0.25) is 0 Å². The van der Waals surface area contributed by atoms with Gasteiger partial charge in [0.15, 0.2) is 0 Å². The number of hydrogen-bond acceptors (Lipinski definition) is 4. The van der Waals surface area contributed by atoms with E-state index in [1.165, 1.54) is 6.33 Å². The molecule has 3 rings (SSSR count). The number of aromatic nitrogens is 2. The Labute approximate surface area is 117 Å². The van der Waals surface area contributed by atoms with E-state index in [0.29, 0.717) is 11.5 Å². The monoisotopic (exact) mass is 265 g/mol. The van der Waals surface area contributed by atoms with Gasteiger partial charge in [-0.05, 0) is 43.7 Å². The van der Waals surface area contributed by atoms with Gasteiger partial charge in [0, 0.05) is 5.39 Å². The molecule has 0 aliphatic rings. The summed E-state index contributed by atoms with van der Waals surface area (Å²) in [6, 6.07) is 11.4. The minimum Gasteiger partial charge on any atom is -0.506 e. The second kappa shape index (κ2) is 4.81. The van der Waals surface area contributed by atoms with Crippen LogP contribution in [0.1, 0.15) is 11.1 Å². The maximum Gasteiger partial charge on any atom is 0.141 e. The fourth-order valence-electron chi connectivity index (χ4n) is 2.15. The number of benzene rings is 2. The van der Waals surface area contributed by atoms with Gasteiger partial charge in [-0.25, -0.2) is 9.97 Å². The smallest absolute Gasteiger partial charge is 0.141 e. The molecule has 0 bridgehead atoms. The molecule has 20 heavy (non-hydrogen) atoms. The summed E-state index contributed by atoms with van der Waals surface area (Å²) >= 11 is 0. The van der Waals surface area contributed by atoms with Crippen molar-refractivity contribution in [1.29, 1.82) is 0 Å². The third kappa shape index (κ3) is 2.28. The number of anilines is 2.